The third-order valence-corrected chi connectivity index (χ3v) is 6.07. The van der Waals surface area contributed by atoms with Gasteiger partial charge in [0.2, 0.25) is 0 Å². The molecule has 0 bridgehead atoms. The summed E-state index contributed by atoms with van der Waals surface area (Å²) in [5.74, 6) is 1.57. The monoisotopic (exact) mass is 429 g/mol. The largest absolute Gasteiger partial charge is 0.336 e. The molecule has 0 spiro atoms. The number of aromatic nitrogens is 5. The molecule has 0 saturated carbocycles. The van der Waals surface area contributed by atoms with Gasteiger partial charge in [-0.15, -0.1) is 0 Å². The lowest BCUT2D eigenvalue weighted by atomic mass is 10.3. The van der Waals surface area contributed by atoms with Crippen LogP contribution in [0.5, 0.6) is 0 Å². The molecule has 4 aromatic heterocycles. The first-order valence-electron chi connectivity index (χ1n) is 11.0. The van der Waals surface area contributed by atoms with Crippen molar-refractivity contribution in [2.45, 2.75) is 19.9 Å². The predicted octanol–water partition coefficient (Wildman–Crippen LogP) is 2.73. The Kier molecular flexibility index (Phi) is 5.45. The molecule has 0 aliphatic carbocycles. The van der Waals surface area contributed by atoms with Crippen LogP contribution in [0.15, 0.2) is 55.1 Å². The zero-order chi connectivity index (χ0) is 22.1. The highest BCUT2D eigenvalue weighted by molar-refractivity contribution is 6.00. The summed E-state index contributed by atoms with van der Waals surface area (Å²) in [4.78, 5) is 31.3. The van der Waals surface area contributed by atoms with E-state index in [0.29, 0.717) is 18.1 Å². The highest BCUT2D eigenvalue weighted by Crippen LogP contribution is 2.24. The number of fused-ring (bicyclic) bond motifs is 1. The first kappa shape index (κ1) is 20.4. The van der Waals surface area contributed by atoms with Crippen LogP contribution in [-0.4, -0.2) is 72.9 Å². The van der Waals surface area contributed by atoms with Crippen LogP contribution in [0, 0.1) is 6.92 Å². The number of pyridine rings is 2. The van der Waals surface area contributed by atoms with E-state index >= 15 is 0 Å². The van der Waals surface area contributed by atoms with E-state index in [1.165, 1.54) is 0 Å². The predicted molar refractivity (Wildman–Crippen MR) is 123 cm³/mol. The van der Waals surface area contributed by atoms with E-state index in [0.717, 1.165) is 55.2 Å². The van der Waals surface area contributed by atoms with Crippen molar-refractivity contribution in [2.24, 2.45) is 0 Å². The molecule has 8 nitrogen and oxygen atoms in total. The Labute approximate surface area is 187 Å². The molecule has 1 fully saturated rings. The third-order valence-electron chi connectivity index (χ3n) is 6.07. The summed E-state index contributed by atoms with van der Waals surface area (Å²) < 4.78 is 4.07. The second-order valence-corrected chi connectivity index (χ2v) is 8.35. The molecule has 32 heavy (non-hydrogen) atoms. The van der Waals surface area contributed by atoms with Gasteiger partial charge in [0.1, 0.15) is 11.5 Å². The Morgan fingerprint density at radius 1 is 1.03 bits per heavy atom. The molecule has 5 rings (SSSR count). The number of amides is 1. The SMILES string of the molecule is Cc1nc(-c2nc(C(=O)N3CCCN(C)CC3)c3ccccn23)cn1Cc1ccncc1. The van der Waals surface area contributed by atoms with Gasteiger partial charge in [-0.25, -0.2) is 9.97 Å². The van der Waals surface area contributed by atoms with Gasteiger partial charge < -0.3 is 14.4 Å². The highest BCUT2D eigenvalue weighted by atomic mass is 16.2. The van der Waals surface area contributed by atoms with Crippen molar-refractivity contribution in [1.82, 2.24) is 33.7 Å². The van der Waals surface area contributed by atoms with Gasteiger partial charge in [-0.05, 0) is 56.8 Å². The lowest BCUT2D eigenvalue weighted by Crippen LogP contribution is -2.34. The minimum absolute atomic E-state index is 0.0109. The molecule has 1 aliphatic heterocycles. The Balaban J connectivity index is 1.51. The zero-order valence-electron chi connectivity index (χ0n) is 18.5. The topological polar surface area (TPSA) is 71.6 Å². The third kappa shape index (κ3) is 3.89. The van der Waals surface area contributed by atoms with Crippen molar-refractivity contribution in [2.75, 3.05) is 33.2 Å². The molecule has 5 heterocycles. The van der Waals surface area contributed by atoms with Gasteiger partial charge in [-0.3, -0.25) is 14.2 Å². The normalized spacial score (nSPS) is 15.2. The van der Waals surface area contributed by atoms with Crippen molar-refractivity contribution in [3.8, 4) is 11.5 Å². The Bertz CT molecular complexity index is 1240. The number of aryl methyl sites for hydroxylation is 1. The number of hydrogen-bond donors (Lipinski definition) is 0. The Morgan fingerprint density at radius 3 is 2.72 bits per heavy atom. The second-order valence-electron chi connectivity index (χ2n) is 8.35. The molecule has 0 radical (unpaired) electrons. The maximum absolute atomic E-state index is 13.4. The Hall–Kier alpha value is -3.52. The molecule has 1 aliphatic rings. The molecule has 0 aromatic carbocycles. The van der Waals surface area contributed by atoms with Crippen LogP contribution in [0.1, 0.15) is 28.3 Å². The zero-order valence-corrected chi connectivity index (χ0v) is 18.5. The summed E-state index contributed by atoms with van der Waals surface area (Å²) in [5, 5.41) is 0. The molecule has 1 amide bonds. The maximum atomic E-state index is 13.4. The number of imidazole rings is 2. The van der Waals surface area contributed by atoms with Crippen LogP contribution in [-0.2, 0) is 6.54 Å². The van der Waals surface area contributed by atoms with Crippen LogP contribution in [0.3, 0.4) is 0 Å². The van der Waals surface area contributed by atoms with Crippen molar-refractivity contribution in [3.63, 3.8) is 0 Å². The van der Waals surface area contributed by atoms with E-state index in [9.17, 15) is 4.79 Å². The molecular weight excluding hydrogens is 402 g/mol. The second kappa shape index (κ2) is 8.55. The summed E-state index contributed by atoms with van der Waals surface area (Å²) >= 11 is 0. The molecule has 0 N–H and O–H groups in total. The fraction of sp³-hybridized carbons (Fsp3) is 0.333. The van der Waals surface area contributed by atoms with Gasteiger partial charge in [0, 0.05) is 51.0 Å². The van der Waals surface area contributed by atoms with Crippen LogP contribution >= 0.6 is 0 Å². The van der Waals surface area contributed by atoms with E-state index in [2.05, 4.69) is 21.5 Å². The molecule has 0 atom stereocenters. The van der Waals surface area contributed by atoms with Gasteiger partial charge in [0.05, 0.1) is 5.52 Å². The molecule has 1 saturated heterocycles. The van der Waals surface area contributed by atoms with Gasteiger partial charge >= 0.3 is 0 Å². The van der Waals surface area contributed by atoms with Crippen LogP contribution in [0.4, 0.5) is 0 Å². The van der Waals surface area contributed by atoms with E-state index in [1.807, 2.05) is 58.9 Å². The first-order valence-corrected chi connectivity index (χ1v) is 11.0. The lowest BCUT2D eigenvalue weighted by molar-refractivity contribution is 0.0759. The molecule has 4 aromatic rings. The summed E-state index contributed by atoms with van der Waals surface area (Å²) in [5.41, 5.74) is 3.22. The quantitative estimate of drug-likeness (QED) is 0.499. The number of carbonyl (C=O) groups is 1. The summed E-state index contributed by atoms with van der Waals surface area (Å²) in [6.07, 6.45) is 8.51. The fourth-order valence-electron chi connectivity index (χ4n) is 4.24. The average Bonchev–Trinajstić information content (AvgIpc) is 3.28. The van der Waals surface area contributed by atoms with Gasteiger partial charge in [-0.1, -0.05) is 6.07 Å². The Morgan fingerprint density at radius 2 is 1.88 bits per heavy atom. The van der Waals surface area contributed by atoms with Crippen LogP contribution in [0.2, 0.25) is 0 Å². The van der Waals surface area contributed by atoms with Crippen LogP contribution < -0.4 is 0 Å². The number of carbonyl (C=O) groups excluding carboxylic acids is 1. The standard InChI is InChI=1S/C24H27N7O/c1-18-26-20(17-30(18)16-19-7-9-25-10-8-19)23-27-22(21-6-3-4-13-31(21)23)24(32)29-12-5-11-28(2)14-15-29/h3-4,6-10,13,17H,5,11-12,14-16H2,1-2H3. The smallest absolute Gasteiger partial charge is 0.274 e. The summed E-state index contributed by atoms with van der Waals surface area (Å²) in [7, 11) is 2.10. The summed E-state index contributed by atoms with van der Waals surface area (Å²) in [6, 6.07) is 9.85. The van der Waals surface area contributed by atoms with E-state index in [1.54, 1.807) is 12.4 Å². The summed E-state index contributed by atoms with van der Waals surface area (Å²) in [6.45, 7) is 6.05. The average molecular weight is 430 g/mol. The number of nitrogens with zero attached hydrogens (tertiary/aromatic N) is 7. The number of likely N-dealkylation sites (N-methyl/N-ethyl adjacent to an activating group) is 1. The van der Waals surface area contributed by atoms with Gasteiger partial charge in [0.15, 0.2) is 11.5 Å². The van der Waals surface area contributed by atoms with Gasteiger partial charge in [-0.2, -0.15) is 0 Å². The van der Waals surface area contributed by atoms with E-state index in [4.69, 9.17) is 9.97 Å². The number of hydrogen-bond acceptors (Lipinski definition) is 5. The lowest BCUT2D eigenvalue weighted by Gasteiger charge is -2.19. The molecule has 8 heteroatoms. The minimum atomic E-state index is -0.0109. The van der Waals surface area contributed by atoms with Crippen molar-refractivity contribution in [3.05, 3.63) is 72.2 Å². The van der Waals surface area contributed by atoms with E-state index < -0.39 is 0 Å². The molecule has 164 valence electrons. The number of rotatable bonds is 4. The van der Waals surface area contributed by atoms with Crippen molar-refractivity contribution in [1.29, 1.82) is 0 Å². The van der Waals surface area contributed by atoms with Crippen molar-refractivity contribution < 1.29 is 4.79 Å². The van der Waals surface area contributed by atoms with Crippen LogP contribution in [0.25, 0.3) is 17.0 Å². The fourth-order valence-corrected chi connectivity index (χ4v) is 4.24. The van der Waals surface area contributed by atoms with Gasteiger partial charge in [0.25, 0.3) is 5.91 Å². The maximum Gasteiger partial charge on any atom is 0.274 e. The minimum Gasteiger partial charge on any atom is -0.336 e. The van der Waals surface area contributed by atoms with E-state index in [-0.39, 0.29) is 5.91 Å². The molecule has 0 unspecified atom stereocenters. The first-order chi connectivity index (χ1) is 15.6. The highest BCUT2D eigenvalue weighted by Gasteiger charge is 2.25. The molecular formula is C24H27N7O. The van der Waals surface area contributed by atoms with Crippen molar-refractivity contribution >= 4 is 11.4 Å².